The third-order valence-corrected chi connectivity index (χ3v) is 7.02. The van der Waals surface area contributed by atoms with Gasteiger partial charge in [0.25, 0.3) is 0 Å². The first-order chi connectivity index (χ1) is 16.5. The summed E-state index contributed by atoms with van der Waals surface area (Å²) in [5.74, 6) is 1.92. The molecule has 184 valence electrons. The van der Waals surface area contributed by atoms with Gasteiger partial charge >= 0.3 is 0 Å². The molecule has 4 rings (SSSR count). The smallest absolute Gasteiger partial charge is 0.229 e. The first kappa shape index (κ1) is 24.2. The van der Waals surface area contributed by atoms with Crippen molar-refractivity contribution in [3.8, 4) is 5.75 Å². The highest BCUT2D eigenvalue weighted by Crippen LogP contribution is 2.41. The number of fused-ring (bicyclic) bond motifs is 1. The summed E-state index contributed by atoms with van der Waals surface area (Å²) >= 11 is 0. The molecule has 1 aromatic heterocycles. The second kappa shape index (κ2) is 11.0. The monoisotopic (exact) mass is 468 g/mol. The molecule has 8 heteroatoms. The van der Waals surface area contributed by atoms with Gasteiger partial charge in [-0.1, -0.05) is 44.0 Å². The number of nitrogens with one attached hydrogen (secondary N) is 1. The Labute approximate surface area is 201 Å². The normalized spacial score (nSPS) is 23.8. The van der Waals surface area contributed by atoms with Crippen LogP contribution >= 0.6 is 0 Å². The number of carbonyl (C=O) groups excluding carboxylic acids is 2. The predicted octanol–water partition coefficient (Wildman–Crippen LogP) is 3.83. The van der Waals surface area contributed by atoms with Gasteiger partial charge in [-0.25, -0.2) is 0 Å². The van der Waals surface area contributed by atoms with E-state index in [4.69, 9.17) is 9.26 Å². The van der Waals surface area contributed by atoms with Crippen molar-refractivity contribution in [1.82, 2.24) is 20.4 Å². The summed E-state index contributed by atoms with van der Waals surface area (Å²) in [5.41, 5.74) is 0.910. The van der Waals surface area contributed by atoms with E-state index in [0.717, 1.165) is 37.0 Å². The molecule has 0 radical (unpaired) electrons. The third kappa shape index (κ3) is 5.59. The highest BCUT2D eigenvalue weighted by molar-refractivity contribution is 5.83. The molecule has 34 heavy (non-hydrogen) atoms. The van der Waals surface area contributed by atoms with Gasteiger partial charge in [-0.3, -0.25) is 9.59 Å². The molecule has 1 saturated heterocycles. The summed E-state index contributed by atoms with van der Waals surface area (Å²) in [4.78, 5) is 33.4. The number of carbonyl (C=O) groups is 2. The lowest BCUT2D eigenvalue weighted by molar-refractivity contribution is -0.136. The molecule has 1 aliphatic heterocycles. The fourth-order valence-electron chi connectivity index (χ4n) is 5.13. The number of benzene rings is 1. The second-order valence-corrected chi connectivity index (χ2v) is 9.81. The van der Waals surface area contributed by atoms with Crippen molar-refractivity contribution in [3.63, 3.8) is 0 Å². The Morgan fingerprint density at radius 2 is 2.06 bits per heavy atom. The largest absolute Gasteiger partial charge is 0.497 e. The van der Waals surface area contributed by atoms with Gasteiger partial charge < -0.3 is 19.5 Å². The topological polar surface area (TPSA) is 97.6 Å². The number of aromatic nitrogens is 2. The Morgan fingerprint density at radius 3 is 2.82 bits per heavy atom. The molecule has 1 N–H and O–H groups in total. The van der Waals surface area contributed by atoms with Gasteiger partial charge in [-0.15, -0.1) is 0 Å². The number of methoxy groups -OCH3 is 1. The molecule has 1 aliphatic carbocycles. The maximum atomic E-state index is 13.6. The Morgan fingerprint density at radius 1 is 1.24 bits per heavy atom. The number of hydrogen-bond acceptors (Lipinski definition) is 6. The van der Waals surface area contributed by atoms with Crippen molar-refractivity contribution in [1.29, 1.82) is 0 Å². The van der Waals surface area contributed by atoms with E-state index in [-0.39, 0.29) is 42.0 Å². The predicted molar refractivity (Wildman–Crippen MR) is 128 cm³/mol. The molecular formula is C26H36N4O4. The van der Waals surface area contributed by atoms with E-state index < -0.39 is 0 Å². The summed E-state index contributed by atoms with van der Waals surface area (Å²) in [7, 11) is 1.62. The van der Waals surface area contributed by atoms with E-state index in [1.54, 1.807) is 7.11 Å². The van der Waals surface area contributed by atoms with E-state index >= 15 is 0 Å². The highest BCUT2D eigenvalue weighted by Gasteiger charge is 2.45. The quantitative estimate of drug-likeness (QED) is 0.716. The fraction of sp³-hybridized carbons (Fsp3) is 0.615. The molecular weight excluding hydrogens is 432 g/mol. The summed E-state index contributed by atoms with van der Waals surface area (Å²) in [6.45, 7) is 5.40. The van der Waals surface area contributed by atoms with E-state index in [1.807, 2.05) is 43.0 Å². The van der Waals surface area contributed by atoms with E-state index in [9.17, 15) is 9.59 Å². The van der Waals surface area contributed by atoms with Crippen LogP contribution in [0.5, 0.6) is 5.75 Å². The maximum Gasteiger partial charge on any atom is 0.229 e. The van der Waals surface area contributed by atoms with Crippen LogP contribution in [0.2, 0.25) is 0 Å². The van der Waals surface area contributed by atoms with Gasteiger partial charge in [0, 0.05) is 31.0 Å². The van der Waals surface area contributed by atoms with Crippen LogP contribution in [0.4, 0.5) is 0 Å². The molecule has 1 aromatic carbocycles. The molecule has 0 bridgehead atoms. The molecule has 2 aliphatic rings. The van der Waals surface area contributed by atoms with Gasteiger partial charge in [-0.05, 0) is 43.4 Å². The minimum Gasteiger partial charge on any atom is -0.497 e. The van der Waals surface area contributed by atoms with Gasteiger partial charge in [-0.2, -0.15) is 4.98 Å². The molecule has 0 spiro atoms. The Hall–Kier alpha value is -2.90. The van der Waals surface area contributed by atoms with Crippen molar-refractivity contribution in [3.05, 3.63) is 41.5 Å². The van der Waals surface area contributed by atoms with Gasteiger partial charge in [0.15, 0.2) is 5.82 Å². The van der Waals surface area contributed by atoms with Crippen LogP contribution in [0.15, 0.2) is 28.8 Å². The van der Waals surface area contributed by atoms with Crippen molar-refractivity contribution in [2.45, 2.75) is 76.7 Å². The lowest BCUT2D eigenvalue weighted by Gasteiger charge is -2.33. The number of nitrogens with zero attached hydrogens (tertiary/aromatic N) is 3. The standard InChI is InChI=1S/C26H36N4O4/c1-17(2)24-28-26(34-29-24)19-15-21-22(16-19)30(12-7-5-4-6-11-27-25(21)32)23(31)14-18-9-8-10-20(13-18)33-3/h8-10,13,17,19,21-22H,4-7,11-12,14-16H2,1-3H3,(H,27,32). The first-order valence-electron chi connectivity index (χ1n) is 12.5. The van der Waals surface area contributed by atoms with Crippen molar-refractivity contribution in [2.24, 2.45) is 5.92 Å². The minimum absolute atomic E-state index is 0.0252. The van der Waals surface area contributed by atoms with Crippen molar-refractivity contribution in [2.75, 3.05) is 20.2 Å². The van der Waals surface area contributed by atoms with Crippen LogP contribution in [0.25, 0.3) is 0 Å². The Kier molecular flexibility index (Phi) is 7.85. The molecule has 2 amide bonds. The Bertz CT molecular complexity index is 989. The Balaban J connectivity index is 1.59. The van der Waals surface area contributed by atoms with Gasteiger partial charge in [0.1, 0.15) is 5.75 Å². The van der Waals surface area contributed by atoms with Crippen LogP contribution in [-0.2, 0) is 16.0 Å². The summed E-state index contributed by atoms with van der Waals surface area (Å²) in [6.07, 6.45) is 5.54. The highest BCUT2D eigenvalue weighted by atomic mass is 16.5. The zero-order valence-corrected chi connectivity index (χ0v) is 20.5. The lowest BCUT2D eigenvalue weighted by Crippen LogP contribution is -2.47. The van der Waals surface area contributed by atoms with Crippen LogP contribution in [0, 0.1) is 5.92 Å². The zero-order chi connectivity index (χ0) is 24.1. The van der Waals surface area contributed by atoms with E-state index in [0.29, 0.717) is 37.6 Å². The number of hydrogen-bond donors (Lipinski definition) is 1. The number of amides is 2. The molecule has 2 aromatic rings. The average Bonchev–Trinajstić information content (AvgIpc) is 3.48. The summed E-state index contributed by atoms with van der Waals surface area (Å²) < 4.78 is 10.9. The maximum absolute atomic E-state index is 13.6. The van der Waals surface area contributed by atoms with Crippen molar-refractivity contribution >= 4 is 11.8 Å². The van der Waals surface area contributed by atoms with Crippen molar-refractivity contribution < 1.29 is 18.8 Å². The first-order valence-corrected chi connectivity index (χ1v) is 12.5. The summed E-state index contributed by atoms with van der Waals surface area (Å²) in [5, 5.41) is 7.23. The zero-order valence-electron chi connectivity index (χ0n) is 20.5. The van der Waals surface area contributed by atoms with Gasteiger partial charge in [0.05, 0.1) is 19.4 Å². The molecule has 2 fully saturated rings. The fourth-order valence-corrected chi connectivity index (χ4v) is 5.13. The third-order valence-electron chi connectivity index (χ3n) is 7.02. The molecule has 3 atom stereocenters. The van der Waals surface area contributed by atoms with Crippen LogP contribution < -0.4 is 10.1 Å². The van der Waals surface area contributed by atoms with Gasteiger partial charge in [0.2, 0.25) is 17.7 Å². The van der Waals surface area contributed by atoms with E-state index in [2.05, 4.69) is 15.5 Å². The molecule has 2 heterocycles. The minimum atomic E-state index is -0.285. The summed E-state index contributed by atoms with van der Waals surface area (Å²) in [6, 6.07) is 7.44. The van der Waals surface area contributed by atoms with Crippen LogP contribution in [-0.4, -0.2) is 53.1 Å². The average molecular weight is 469 g/mol. The van der Waals surface area contributed by atoms with E-state index in [1.165, 1.54) is 0 Å². The number of ether oxygens (including phenoxy) is 1. The molecule has 8 nitrogen and oxygen atoms in total. The van der Waals surface area contributed by atoms with Crippen LogP contribution in [0.1, 0.15) is 81.5 Å². The molecule has 3 unspecified atom stereocenters. The second-order valence-electron chi connectivity index (χ2n) is 9.81. The number of rotatable bonds is 5. The molecule has 1 saturated carbocycles. The van der Waals surface area contributed by atoms with Crippen LogP contribution in [0.3, 0.4) is 0 Å². The SMILES string of the molecule is COc1cccc(CC(=O)N2CCCCCCNC(=O)C3CC(c4nc(C(C)C)no4)CC32)c1. The lowest BCUT2D eigenvalue weighted by atomic mass is 9.99.